The van der Waals surface area contributed by atoms with E-state index in [2.05, 4.69) is 10.3 Å². The summed E-state index contributed by atoms with van der Waals surface area (Å²) in [4.78, 5) is 46.1. The Morgan fingerprint density at radius 1 is 1.10 bits per heavy atom. The summed E-state index contributed by atoms with van der Waals surface area (Å²) in [7, 11) is 0. The van der Waals surface area contributed by atoms with Crippen LogP contribution in [0.3, 0.4) is 0 Å². The molecule has 39 heavy (non-hydrogen) atoms. The minimum atomic E-state index is -4.48. The third kappa shape index (κ3) is 5.99. The lowest BCUT2D eigenvalue weighted by Gasteiger charge is -2.32. The molecule has 3 aliphatic rings. The van der Waals surface area contributed by atoms with E-state index in [4.69, 9.17) is 4.74 Å². The van der Waals surface area contributed by atoms with Gasteiger partial charge in [-0.3, -0.25) is 14.4 Å². The Bertz CT molecular complexity index is 1290. The van der Waals surface area contributed by atoms with E-state index in [-0.39, 0.29) is 24.9 Å². The largest absolute Gasteiger partial charge is 0.490 e. The zero-order valence-corrected chi connectivity index (χ0v) is 21.5. The molecule has 1 aliphatic carbocycles. The Morgan fingerprint density at radius 3 is 2.51 bits per heavy atom. The number of benzene rings is 2. The summed E-state index contributed by atoms with van der Waals surface area (Å²) in [5.74, 6) is -2.95. The molecule has 206 valence electrons. The van der Waals surface area contributed by atoms with E-state index < -0.39 is 48.8 Å². The molecule has 3 atom stereocenters. The molecule has 1 N–H and O–H groups in total. The van der Waals surface area contributed by atoms with Gasteiger partial charge >= 0.3 is 6.18 Å². The Hall–Kier alpha value is -3.69. The van der Waals surface area contributed by atoms with Gasteiger partial charge in [-0.25, -0.2) is 4.99 Å². The van der Waals surface area contributed by atoms with E-state index in [1.54, 1.807) is 12.1 Å². The van der Waals surface area contributed by atoms with Gasteiger partial charge in [-0.1, -0.05) is 55.3 Å². The highest BCUT2D eigenvalue weighted by molar-refractivity contribution is 6.21. The van der Waals surface area contributed by atoms with Crippen LogP contribution in [-0.4, -0.2) is 48.8 Å². The molecule has 0 bridgehead atoms. The molecule has 2 amide bonds. The van der Waals surface area contributed by atoms with Gasteiger partial charge in [-0.2, -0.15) is 13.2 Å². The normalized spacial score (nSPS) is 20.2. The van der Waals surface area contributed by atoms with Crippen LogP contribution in [0.1, 0.15) is 50.2 Å². The van der Waals surface area contributed by atoms with Gasteiger partial charge in [0.05, 0.1) is 17.9 Å². The smallest absolute Gasteiger partial charge is 0.389 e. The highest BCUT2D eigenvalue weighted by Crippen LogP contribution is 2.41. The topological polar surface area (TPSA) is 88.1 Å². The van der Waals surface area contributed by atoms with Crippen molar-refractivity contribution < 1.29 is 32.3 Å². The maximum absolute atomic E-state index is 13.8. The number of aliphatic imine (C=N–C) groups is 1. The fraction of sp³-hybridized carbons (Fsp3) is 0.448. The number of anilines is 1. The number of nitrogens with zero attached hydrogens (tertiary/aromatic N) is 2. The van der Waals surface area contributed by atoms with Crippen molar-refractivity contribution >= 4 is 29.0 Å². The highest BCUT2D eigenvalue weighted by atomic mass is 19.4. The van der Waals surface area contributed by atoms with Crippen molar-refractivity contribution in [2.75, 3.05) is 18.1 Å². The van der Waals surface area contributed by atoms with Gasteiger partial charge in [0.25, 0.3) is 5.91 Å². The number of para-hydroxylation sites is 1. The average molecular weight is 542 g/mol. The summed E-state index contributed by atoms with van der Waals surface area (Å²) < 4.78 is 45.4. The number of halogens is 3. The molecule has 7 nitrogen and oxygen atoms in total. The summed E-state index contributed by atoms with van der Waals surface area (Å²) in [5, 5.41) is 2.64. The van der Waals surface area contributed by atoms with E-state index in [1.165, 1.54) is 11.8 Å². The van der Waals surface area contributed by atoms with Crippen LogP contribution in [0.5, 0.6) is 5.75 Å². The Morgan fingerprint density at radius 2 is 1.85 bits per heavy atom. The minimum absolute atomic E-state index is 0.224. The van der Waals surface area contributed by atoms with E-state index in [0.29, 0.717) is 34.7 Å². The fourth-order valence-electron chi connectivity index (χ4n) is 5.41. The van der Waals surface area contributed by atoms with Crippen LogP contribution >= 0.6 is 0 Å². The summed E-state index contributed by atoms with van der Waals surface area (Å²) in [6.07, 6.45) is -5.46. The number of Topliss-reactive ketones (excluding diaryl/α,β-unsaturated/α-hetero) is 1. The second kappa shape index (κ2) is 10.8. The molecule has 0 radical (unpaired) electrons. The van der Waals surface area contributed by atoms with Gasteiger partial charge in [-0.05, 0) is 31.7 Å². The summed E-state index contributed by atoms with van der Waals surface area (Å²) >= 11 is 0. The van der Waals surface area contributed by atoms with Crippen molar-refractivity contribution in [2.24, 2.45) is 22.7 Å². The predicted octanol–water partition coefficient (Wildman–Crippen LogP) is 4.67. The van der Waals surface area contributed by atoms with E-state index in [9.17, 15) is 27.6 Å². The molecule has 5 rings (SSSR count). The quantitative estimate of drug-likeness (QED) is 0.500. The minimum Gasteiger partial charge on any atom is -0.490 e. The van der Waals surface area contributed by atoms with Gasteiger partial charge in [0.2, 0.25) is 12.1 Å². The Labute approximate surface area is 224 Å². The van der Waals surface area contributed by atoms with Crippen molar-refractivity contribution in [3.8, 4) is 5.75 Å². The molecule has 1 fully saturated rings. The number of nitrogens with one attached hydrogen (secondary N) is 1. The number of hydrogen-bond acceptors (Lipinski definition) is 5. The second-order valence-corrected chi connectivity index (χ2v) is 10.4. The van der Waals surface area contributed by atoms with Crippen LogP contribution < -0.4 is 15.0 Å². The van der Waals surface area contributed by atoms with Crippen LogP contribution in [0.25, 0.3) is 0 Å². The predicted molar refractivity (Wildman–Crippen MR) is 139 cm³/mol. The molecule has 0 unspecified atom stereocenters. The number of alkyl halides is 3. The molecule has 0 aromatic heterocycles. The first kappa shape index (κ1) is 26.9. The van der Waals surface area contributed by atoms with E-state index in [0.717, 1.165) is 12.8 Å². The van der Waals surface area contributed by atoms with Crippen molar-refractivity contribution in [1.29, 1.82) is 0 Å². The van der Waals surface area contributed by atoms with Gasteiger partial charge in [0.1, 0.15) is 18.1 Å². The number of carbonyl (C=O) groups excluding carboxylic acids is 3. The molecular formula is C29H30F3N3O4. The number of ketones is 1. The summed E-state index contributed by atoms with van der Waals surface area (Å²) in [6, 6.07) is 14.5. The van der Waals surface area contributed by atoms with Gasteiger partial charge in [0, 0.05) is 29.4 Å². The third-order valence-electron chi connectivity index (χ3n) is 7.55. The number of hydrogen-bond donors (Lipinski definition) is 1. The van der Waals surface area contributed by atoms with Gasteiger partial charge in [0.15, 0.2) is 0 Å². The van der Waals surface area contributed by atoms with Gasteiger partial charge < -0.3 is 15.0 Å². The average Bonchev–Trinajstić information content (AvgIpc) is 3.74. The third-order valence-corrected chi connectivity index (χ3v) is 7.55. The molecule has 10 heteroatoms. The SMILES string of the molecule is CC(=O)[C@@H](CC1CC1)[C@@H](CCC(F)(F)F)C(=O)N[C@H]1N=C(c2ccccc2)c2cccc3c2N(CCO3)C1=O. The lowest BCUT2D eigenvalue weighted by molar-refractivity contribution is -0.146. The molecule has 2 aliphatic heterocycles. The maximum Gasteiger partial charge on any atom is 0.389 e. The van der Waals surface area contributed by atoms with Crippen molar-refractivity contribution in [3.05, 3.63) is 59.7 Å². The van der Waals surface area contributed by atoms with Crippen LogP contribution in [-0.2, 0) is 14.4 Å². The first-order chi connectivity index (χ1) is 18.6. The van der Waals surface area contributed by atoms with Crippen LogP contribution in [0.2, 0.25) is 0 Å². The first-order valence-electron chi connectivity index (χ1n) is 13.2. The van der Waals surface area contributed by atoms with Gasteiger partial charge in [-0.15, -0.1) is 0 Å². The molecule has 2 heterocycles. The first-order valence-corrected chi connectivity index (χ1v) is 13.2. The van der Waals surface area contributed by atoms with Crippen LogP contribution in [0, 0.1) is 17.8 Å². The number of carbonyl (C=O) groups is 3. The standard InChI is InChI=1S/C29H30F3N3O4/c1-17(36)22(16-18-10-11-18)20(12-13-29(30,31)32)27(37)34-26-28(38)35-14-15-39-23-9-5-8-21(25(23)35)24(33-26)19-6-3-2-4-7-19/h2-9,18,20,22,26H,10-16H2,1H3,(H,34,37)/t20-,22-,26-/m1/s1. The molecule has 1 saturated carbocycles. The van der Waals surface area contributed by atoms with Crippen molar-refractivity contribution in [3.63, 3.8) is 0 Å². The second-order valence-electron chi connectivity index (χ2n) is 10.4. The number of amides is 2. The zero-order valence-electron chi connectivity index (χ0n) is 21.5. The van der Waals surface area contributed by atoms with Crippen molar-refractivity contribution in [1.82, 2.24) is 5.32 Å². The summed E-state index contributed by atoms with van der Waals surface area (Å²) in [6.45, 7) is 1.78. The zero-order chi connectivity index (χ0) is 27.7. The molecule has 2 aromatic carbocycles. The highest BCUT2D eigenvalue weighted by Gasteiger charge is 2.42. The molecule has 0 saturated heterocycles. The number of ether oxygens (including phenoxy) is 1. The molecular weight excluding hydrogens is 511 g/mol. The maximum atomic E-state index is 13.8. The Kier molecular flexibility index (Phi) is 7.46. The Balaban J connectivity index is 1.51. The monoisotopic (exact) mass is 541 g/mol. The lowest BCUT2D eigenvalue weighted by Crippen LogP contribution is -2.51. The van der Waals surface area contributed by atoms with E-state index >= 15 is 0 Å². The molecule has 0 spiro atoms. The number of rotatable bonds is 9. The van der Waals surface area contributed by atoms with E-state index in [1.807, 2.05) is 36.4 Å². The summed E-state index contributed by atoms with van der Waals surface area (Å²) in [5.41, 5.74) is 2.34. The van der Waals surface area contributed by atoms with Crippen LogP contribution in [0.4, 0.5) is 18.9 Å². The molecule has 2 aromatic rings. The lowest BCUT2D eigenvalue weighted by atomic mass is 9.81. The van der Waals surface area contributed by atoms with Crippen molar-refractivity contribution in [2.45, 2.75) is 51.4 Å². The fourth-order valence-corrected chi connectivity index (χ4v) is 5.41. The van der Waals surface area contributed by atoms with Crippen LogP contribution in [0.15, 0.2) is 53.5 Å².